The average molecular weight is 305 g/mol. The van der Waals surface area contributed by atoms with Crippen LogP contribution in [0.4, 0.5) is 5.13 Å². The average Bonchev–Trinajstić information content (AvgIpc) is 3.11. The van der Waals surface area contributed by atoms with Gasteiger partial charge in [-0.25, -0.2) is 9.97 Å². The number of piperidine rings is 1. The van der Waals surface area contributed by atoms with E-state index in [-0.39, 0.29) is 5.91 Å². The van der Waals surface area contributed by atoms with Crippen molar-refractivity contribution in [3.05, 3.63) is 29.3 Å². The number of carbonyl (C=O) groups is 1. The molecule has 1 aliphatic heterocycles. The van der Waals surface area contributed by atoms with Crippen molar-refractivity contribution in [2.45, 2.75) is 38.8 Å². The smallest absolute Gasteiger partial charge is 0.223 e. The predicted octanol–water partition coefficient (Wildman–Crippen LogP) is 2.55. The van der Waals surface area contributed by atoms with E-state index in [4.69, 9.17) is 0 Å². The van der Waals surface area contributed by atoms with Gasteiger partial charge >= 0.3 is 0 Å². The molecule has 2 aromatic heterocycles. The molecule has 21 heavy (non-hydrogen) atoms. The summed E-state index contributed by atoms with van der Waals surface area (Å²) >= 11 is 1.47. The van der Waals surface area contributed by atoms with Gasteiger partial charge in [0.2, 0.25) is 5.91 Å². The fourth-order valence-corrected chi connectivity index (χ4v) is 3.49. The number of aromatic amines is 1. The zero-order valence-corrected chi connectivity index (χ0v) is 12.8. The number of carbonyl (C=O) groups excluding carboxylic acids is 1. The Morgan fingerprint density at radius 1 is 1.57 bits per heavy atom. The van der Waals surface area contributed by atoms with Gasteiger partial charge < -0.3 is 10.3 Å². The summed E-state index contributed by atoms with van der Waals surface area (Å²) in [4.78, 5) is 25.6. The second-order valence-electron chi connectivity index (χ2n) is 5.28. The number of nitrogens with one attached hydrogen (secondary N) is 2. The normalized spacial score (nSPS) is 19.6. The second kappa shape index (κ2) is 6.36. The van der Waals surface area contributed by atoms with Crippen molar-refractivity contribution in [3.63, 3.8) is 0 Å². The maximum atomic E-state index is 11.1. The Morgan fingerprint density at radius 2 is 2.48 bits per heavy atom. The van der Waals surface area contributed by atoms with Gasteiger partial charge in [0.25, 0.3) is 0 Å². The third-order valence-electron chi connectivity index (χ3n) is 3.65. The highest BCUT2D eigenvalue weighted by Gasteiger charge is 2.26. The molecule has 0 radical (unpaired) electrons. The number of imidazole rings is 1. The number of likely N-dealkylation sites (tertiary alicyclic amines) is 1. The molecule has 7 heteroatoms. The van der Waals surface area contributed by atoms with Gasteiger partial charge in [-0.1, -0.05) is 6.42 Å². The molecule has 3 heterocycles. The van der Waals surface area contributed by atoms with E-state index in [9.17, 15) is 4.79 Å². The lowest BCUT2D eigenvalue weighted by molar-refractivity contribution is -0.114. The Kier molecular flexibility index (Phi) is 4.31. The van der Waals surface area contributed by atoms with E-state index in [0.717, 1.165) is 31.0 Å². The Labute approximate surface area is 127 Å². The zero-order valence-electron chi connectivity index (χ0n) is 12.0. The SMILES string of the molecule is CC(=O)Nc1nc(CN2CCCCC2c2ncc[nH]2)cs1. The van der Waals surface area contributed by atoms with Crippen LogP contribution in [0.1, 0.15) is 43.7 Å². The van der Waals surface area contributed by atoms with Gasteiger partial charge in [-0.05, 0) is 19.4 Å². The maximum absolute atomic E-state index is 11.1. The van der Waals surface area contributed by atoms with Crippen molar-refractivity contribution in [2.24, 2.45) is 0 Å². The van der Waals surface area contributed by atoms with Crippen LogP contribution in [0.5, 0.6) is 0 Å². The number of amides is 1. The Bertz CT molecular complexity index is 594. The molecule has 1 saturated heterocycles. The molecule has 0 aromatic carbocycles. The number of nitrogens with zero attached hydrogens (tertiary/aromatic N) is 3. The van der Waals surface area contributed by atoms with Crippen LogP contribution in [-0.4, -0.2) is 32.3 Å². The van der Waals surface area contributed by atoms with E-state index in [2.05, 4.69) is 25.2 Å². The minimum Gasteiger partial charge on any atom is -0.347 e. The van der Waals surface area contributed by atoms with Crippen LogP contribution in [0.2, 0.25) is 0 Å². The molecule has 112 valence electrons. The first kappa shape index (κ1) is 14.2. The monoisotopic (exact) mass is 305 g/mol. The predicted molar refractivity (Wildman–Crippen MR) is 82.0 cm³/mol. The molecule has 0 aliphatic carbocycles. The van der Waals surface area contributed by atoms with Crippen molar-refractivity contribution >= 4 is 22.4 Å². The topological polar surface area (TPSA) is 73.9 Å². The van der Waals surface area contributed by atoms with Gasteiger partial charge in [-0.15, -0.1) is 11.3 Å². The van der Waals surface area contributed by atoms with E-state index in [0.29, 0.717) is 11.2 Å². The first-order chi connectivity index (χ1) is 10.2. The van der Waals surface area contributed by atoms with Crippen LogP contribution in [-0.2, 0) is 11.3 Å². The highest BCUT2D eigenvalue weighted by atomic mass is 32.1. The first-order valence-corrected chi connectivity index (χ1v) is 8.05. The second-order valence-corrected chi connectivity index (χ2v) is 6.14. The molecule has 1 atom stereocenters. The third kappa shape index (κ3) is 3.48. The highest BCUT2D eigenvalue weighted by molar-refractivity contribution is 7.13. The van der Waals surface area contributed by atoms with Gasteiger partial charge in [-0.3, -0.25) is 9.69 Å². The van der Waals surface area contributed by atoms with Crippen molar-refractivity contribution in [1.82, 2.24) is 19.9 Å². The molecule has 3 rings (SSSR count). The molecule has 1 fully saturated rings. The van der Waals surface area contributed by atoms with E-state index >= 15 is 0 Å². The fraction of sp³-hybridized carbons (Fsp3) is 0.500. The number of rotatable bonds is 4. The van der Waals surface area contributed by atoms with Gasteiger partial charge in [0, 0.05) is 31.2 Å². The summed E-state index contributed by atoms with van der Waals surface area (Å²) in [6, 6.07) is 0.333. The molecule has 1 unspecified atom stereocenters. The van der Waals surface area contributed by atoms with E-state index in [1.807, 2.05) is 11.6 Å². The van der Waals surface area contributed by atoms with Gasteiger partial charge in [0.15, 0.2) is 5.13 Å². The summed E-state index contributed by atoms with van der Waals surface area (Å²) < 4.78 is 0. The molecule has 1 amide bonds. The molecular weight excluding hydrogens is 286 g/mol. The Hall–Kier alpha value is -1.73. The molecule has 6 nitrogen and oxygen atoms in total. The first-order valence-electron chi connectivity index (χ1n) is 7.17. The van der Waals surface area contributed by atoms with Crippen LogP contribution in [0, 0.1) is 0 Å². The molecule has 2 aromatic rings. The summed E-state index contributed by atoms with van der Waals surface area (Å²) in [6.45, 7) is 3.35. The van der Waals surface area contributed by atoms with Crippen molar-refractivity contribution in [1.29, 1.82) is 0 Å². The van der Waals surface area contributed by atoms with Gasteiger partial charge in [0.05, 0.1) is 11.7 Å². The van der Waals surface area contributed by atoms with Crippen LogP contribution in [0.3, 0.4) is 0 Å². The van der Waals surface area contributed by atoms with Crippen molar-refractivity contribution in [3.8, 4) is 0 Å². The lowest BCUT2D eigenvalue weighted by Crippen LogP contribution is -2.33. The third-order valence-corrected chi connectivity index (χ3v) is 4.46. The van der Waals surface area contributed by atoms with Crippen LogP contribution < -0.4 is 5.32 Å². The summed E-state index contributed by atoms with van der Waals surface area (Å²) in [5.74, 6) is 0.953. The molecule has 2 N–H and O–H groups in total. The highest BCUT2D eigenvalue weighted by Crippen LogP contribution is 2.30. The van der Waals surface area contributed by atoms with Gasteiger partial charge in [-0.2, -0.15) is 0 Å². The van der Waals surface area contributed by atoms with E-state index in [1.54, 1.807) is 6.20 Å². The summed E-state index contributed by atoms with van der Waals surface area (Å²) in [7, 11) is 0. The summed E-state index contributed by atoms with van der Waals surface area (Å²) in [6.07, 6.45) is 7.24. The van der Waals surface area contributed by atoms with Crippen molar-refractivity contribution < 1.29 is 4.79 Å². The lowest BCUT2D eigenvalue weighted by Gasteiger charge is -2.33. The number of H-pyrrole nitrogens is 1. The number of aromatic nitrogens is 3. The number of anilines is 1. The lowest BCUT2D eigenvalue weighted by atomic mass is 10.0. The fourth-order valence-electron chi connectivity index (χ4n) is 2.75. The maximum Gasteiger partial charge on any atom is 0.223 e. The summed E-state index contributed by atoms with van der Waals surface area (Å²) in [5.41, 5.74) is 1.00. The van der Waals surface area contributed by atoms with Crippen LogP contribution in [0.25, 0.3) is 0 Å². The minimum absolute atomic E-state index is 0.0812. The summed E-state index contributed by atoms with van der Waals surface area (Å²) in [5, 5.41) is 5.42. The Balaban J connectivity index is 1.69. The quantitative estimate of drug-likeness (QED) is 0.910. The largest absolute Gasteiger partial charge is 0.347 e. The van der Waals surface area contributed by atoms with E-state index < -0.39 is 0 Å². The molecule has 1 aliphatic rings. The van der Waals surface area contributed by atoms with Crippen LogP contribution >= 0.6 is 11.3 Å². The molecular formula is C14H19N5OS. The van der Waals surface area contributed by atoms with E-state index in [1.165, 1.54) is 31.1 Å². The zero-order chi connectivity index (χ0) is 14.7. The number of thiazole rings is 1. The molecule has 0 saturated carbocycles. The van der Waals surface area contributed by atoms with Gasteiger partial charge in [0.1, 0.15) is 5.82 Å². The minimum atomic E-state index is -0.0812. The number of hydrogen-bond acceptors (Lipinski definition) is 5. The number of hydrogen-bond donors (Lipinski definition) is 2. The standard InChI is InChI=1S/C14H19N5OS/c1-10(20)17-14-18-11(9-21-14)8-19-7-3-2-4-12(19)13-15-5-6-16-13/h5-6,9,12H,2-4,7-8H2,1H3,(H,15,16)(H,17,18,20). The molecule has 0 bridgehead atoms. The Morgan fingerprint density at radius 3 is 3.24 bits per heavy atom. The van der Waals surface area contributed by atoms with Crippen LogP contribution in [0.15, 0.2) is 17.8 Å². The van der Waals surface area contributed by atoms with Crippen molar-refractivity contribution in [2.75, 3.05) is 11.9 Å². The molecule has 0 spiro atoms.